The van der Waals surface area contributed by atoms with Crippen LogP contribution in [0.4, 0.5) is 0 Å². The zero-order valence-corrected chi connectivity index (χ0v) is 16.9. The first-order valence-corrected chi connectivity index (χ1v) is 9.38. The zero-order valence-electron chi connectivity index (χ0n) is 16.9. The predicted molar refractivity (Wildman–Crippen MR) is 111 cm³/mol. The van der Waals surface area contributed by atoms with Gasteiger partial charge in [-0.3, -0.25) is 0 Å². The van der Waals surface area contributed by atoms with Crippen molar-refractivity contribution in [2.75, 3.05) is 7.05 Å². The molecule has 0 bridgehead atoms. The molecule has 3 rings (SSSR count). The summed E-state index contributed by atoms with van der Waals surface area (Å²) in [5.74, 6) is 0. The van der Waals surface area contributed by atoms with Gasteiger partial charge >= 0.3 is 0 Å². The number of hydroxylamine groups is 2. The van der Waals surface area contributed by atoms with Crippen LogP contribution in [0.3, 0.4) is 0 Å². The lowest BCUT2D eigenvalue weighted by Gasteiger charge is -2.19. The van der Waals surface area contributed by atoms with Gasteiger partial charge in [0.25, 0.3) is 0 Å². The van der Waals surface area contributed by atoms with Crippen LogP contribution in [-0.4, -0.2) is 48.6 Å². The van der Waals surface area contributed by atoms with E-state index in [1.807, 2.05) is 56.1 Å². The van der Waals surface area contributed by atoms with E-state index in [0.717, 1.165) is 51.2 Å². The minimum atomic E-state index is -0.511. The first kappa shape index (κ1) is 19.7. The summed E-state index contributed by atoms with van der Waals surface area (Å²) in [6, 6.07) is 3.89. The Balaban J connectivity index is 1.94. The van der Waals surface area contributed by atoms with Crippen molar-refractivity contribution in [3.8, 4) is 11.1 Å². The van der Waals surface area contributed by atoms with Gasteiger partial charge < -0.3 is 19.5 Å². The molecule has 2 aliphatic rings. The maximum atomic E-state index is 12.4. The van der Waals surface area contributed by atoms with Gasteiger partial charge in [0.15, 0.2) is 18.0 Å². The van der Waals surface area contributed by atoms with Crippen LogP contribution in [0.15, 0.2) is 43.2 Å². The second kappa shape index (κ2) is 7.88. The molecule has 1 aliphatic heterocycles. The normalized spacial score (nSPS) is 13.4. The van der Waals surface area contributed by atoms with Crippen LogP contribution in [0.5, 0.6) is 0 Å². The molecular formula is C21H27N5O2. The van der Waals surface area contributed by atoms with Crippen LogP contribution >= 0.6 is 0 Å². The van der Waals surface area contributed by atoms with Crippen LogP contribution in [0.2, 0.25) is 0 Å². The molecule has 0 aromatic carbocycles. The number of aryl methyl sites for hydroxylation is 2. The second-order valence-electron chi connectivity index (χ2n) is 8.02. The van der Waals surface area contributed by atoms with E-state index in [9.17, 15) is 10.4 Å². The molecule has 0 spiro atoms. The average molecular weight is 381 g/mol. The number of rotatable bonds is 6. The molecule has 0 saturated heterocycles. The molecular weight excluding hydrogens is 354 g/mol. The Morgan fingerprint density at radius 2 is 1.75 bits per heavy atom. The molecule has 0 saturated carbocycles. The second-order valence-corrected chi connectivity index (χ2v) is 8.02. The number of hydrogen-bond acceptors (Lipinski definition) is 3. The van der Waals surface area contributed by atoms with Gasteiger partial charge in [-0.2, -0.15) is 0 Å². The maximum absolute atomic E-state index is 12.4. The molecule has 1 aliphatic carbocycles. The van der Waals surface area contributed by atoms with Crippen molar-refractivity contribution in [1.82, 2.24) is 14.1 Å². The summed E-state index contributed by atoms with van der Waals surface area (Å²) >= 11 is 0. The van der Waals surface area contributed by atoms with Gasteiger partial charge in [0.05, 0.1) is 11.9 Å². The number of hydrogen-bond donors (Lipinski definition) is 0. The zero-order chi connectivity index (χ0) is 20.3. The molecule has 0 unspecified atom stereocenters. The molecule has 7 nitrogen and oxygen atoms in total. The lowest BCUT2D eigenvalue weighted by Crippen LogP contribution is -2.29. The van der Waals surface area contributed by atoms with E-state index in [4.69, 9.17) is 0 Å². The number of pyridine rings is 1. The molecule has 7 heteroatoms. The van der Waals surface area contributed by atoms with Gasteiger partial charge in [-0.05, 0) is 18.1 Å². The highest BCUT2D eigenvalue weighted by molar-refractivity contribution is 5.96. The maximum Gasteiger partial charge on any atom is 0.183 e. The highest BCUT2D eigenvalue weighted by Crippen LogP contribution is 2.30. The third-order valence-electron chi connectivity index (χ3n) is 4.57. The third kappa shape index (κ3) is 4.60. The van der Waals surface area contributed by atoms with E-state index in [-0.39, 0.29) is 0 Å². The fraction of sp³-hybridized carbons (Fsp3) is 0.381. The standard InChI is InChI=1S/C21H27N5O2/c1-21(2,3)26(28)14-17-6-7-19-18(12-23(4)27)13-25(15-20(17)19)10-5-9-24-11-8-22-16-24/h6-8,11-16H,5,9-10H2,1-4H3/b23-12-,26-14-. The van der Waals surface area contributed by atoms with E-state index < -0.39 is 5.54 Å². The summed E-state index contributed by atoms with van der Waals surface area (Å²) in [7, 11) is 1.47. The lowest BCUT2D eigenvalue weighted by atomic mass is 10.0. The van der Waals surface area contributed by atoms with Crippen molar-refractivity contribution in [2.45, 2.75) is 45.8 Å². The van der Waals surface area contributed by atoms with Gasteiger partial charge in [0, 0.05) is 69.8 Å². The van der Waals surface area contributed by atoms with Crippen molar-refractivity contribution < 1.29 is 9.48 Å². The molecule has 148 valence electrons. The Kier molecular flexibility index (Phi) is 5.53. The Morgan fingerprint density at radius 1 is 1.00 bits per heavy atom. The number of aromatic nitrogens is 3. The van der Waals surface area contributed by atoms with Crippen molar-refractivity contribution in [1.29, 1.82) is 0 Å². The molecule has 2 heterocycles. The Morgan fingerprint density at radius 3 is 2.39 bits per heavy atom. The largest absolute Gasteiger partial charge is 0.624 e. The molecule has 0 radical (unpaired) electrons. The quantitative estimate of drug-likeness (QED) is 0.285. The predicted octanol–water partition coefficient (Wildman–Crippen LogP) is 3.17. The van der Waals surface area contributed by atoms with Gasteiger partial charge in [-0.25, -0.2) is 14.5 Å². The Labute approximate surface area is 165 Å². The third-order valence-corrected chi connectivity index (χ3v) is 4.57. The molecule has 0 amide bonds. The average Bonchev–Trinajstić information content (AvgIpc) is 3.24. The summed E-state index contributed by atoms with van der Waals surface area (Å²) in [5, 5.41) is 24.0. The van der Waals surface area contributed by atoms with E-state index in [1.165, 1.54) is 7.05 Å². The van der Waals surface area contributed by atoms with Crippen LogP contribution in [0.25, 0.3) is 11.1 Å². The summed E-state index contributed by atoms with van der Waals surface area (Å²) in [4.78, 5) is 4.06. The number of imidazole rings is 1. The first-order chi connectivity index (χ1) is 13.2. The Bertz CT molecular complexity index is 957. The van der Waals surface area contributed by atoms with Crippen LogP contribution < -0.4 is 0 Å². The minimum Gasteiger partial charge on any atom is -0.624 e. The van der Waals surface area contributed by atoms with E-state index in [1.54, 1.807) is 25.0 Å². The van der Waals surface area contributed by atoms with Gasteiger partial charge in [-0.15, -0.1) is 0 Å². The molecule has 1 aromatic rings. The molecule has 0 fully saturated rings. The Hall–Kier alpha value is -3.09. The van der Waals surface area contributed by atoms with Crippen LogP contribution in [0.1, 0.15) is 38.3 Å². The van der Waals surface area contributed by atoms with E-state index in [0.29, 0.717) is 0 Å². The topological polar surface area (TPSA) is 74.9 Å². The van der Waals surface area contributed by atoms with Gasteiger partial charge in [0.2, 0.25) is 0 Å². The highest BCUT2D eigenvalue weighted by Gasteiger charge is 2.21. The monoisotopic (exact) mass is 381 g/mol. The van der Waals surface area contributed by atoms with Crippen molar-refractivity contribution in [3.05, 3.63) is 64.8 Å². The van der Waals surface area contributed by atoms with Crippen molar-refractivity contribution >= 4 is 12.4 Å². The molecule has 0 atom stereocenters. The SMILES string of the molecule is C/[N+]([O-])=C/c1cn(CCCn2ccnc2)cc2c(/C=[N+](\[O-])C(C)(C)C)ccc1-2. The summed E-state index contributed by atoms with van der Waals surface area (Å²) in [6.07, 6.45) is 13.7. The summed E-state index contributed by atoms with van der Waals surface area (Å²) in [5.41, 5.74) is 3.10. The smallest absolute Gasteiger partial charge is 0.183 e. The summed E-state index contributed by atoms with van der Waals surface area (Å²) in [6.45, 7) is 7.29. The van der Waals surface area contributed by atoms with Gasteiger partial charge in [0.1, 0.15) is 7.05 Å². The van der Waals surface area contributed by atoms with Gasteiger partial charge in [-0.1, -0.05) is 6.07 Å². The number of fused-ring (bicyclic) bond motifs is 1. The highest BCUT2D eigenvalue weighted by atomic mass is 16.5. The molecule has 0 N–H and O–H groups in total. The number of nitrogens with zero attached hydrogens (tertiary/aromatic N) is 5. The van der Waals surface area contributed by atoms with E-state index >= 15 is 0 Å². The lowest BCUT2D eigenvalue weighted by molar-refractivity contribution is -0.530. The fourth-order valence-corrected chi connectivity index (χ4v) is 3.07. The van der Waals surface area contributed by atoms with Crippen LogP contribution in [-0.2, 0) is 13.1 Å². The fourth-order valence-electron chi connectivity index (χ4n) is 3.07. The van der Waals surface area contributed by atoms with Crippen molar-refractivity contribution in [2.24, 2.45) is 0 Å². The minimum absolute atomic E-state index is 0.511. The molecule has 1 aromatic heterocycles. The summed E-state index contributed by atoms with van der Waals surface area (Å²) < 4.78 is 5.90. The first-order valence-electron chi connectivity index (χ1n) is 9.38. The van der Waals surface area contributed by atoms with Crippen molar-refractivity contribution in [3.63, 3.8) is 0 Å². The van der Waals surface area contributed by atoms with Crippen LogP contribution in [0, 0.1) is 10.4 Å². The van der Waals surface area contributed by atoms with E-state index in [2.05, 4.69) is 9.55 Å². The molecule has 28 heavy (non-hydrogen) atoms.